The van der Waals surface area contributed by atoms with Crippen LogP contribution in [0.3, 0.4) is 0 Å². The summed E-state index contributed by atoms with van der Waals surface area (Å²) in [7, 11) is 0. The van der Waals surface area contributed by atoms with E-state index in [4.69, 9.17) is 4.42 Å². The van der Waals surface area contributed by atoms with Crippen molar-refractivity contribution in [2.45, 2.75) is 17.0 Å². The minimum atomic E-state index is 0.294. The Morgan fingerprint density at radius 2 is 1.65 bits per heavy atom. The van der Waals surface area contributed by atoms with E-state index < -0.39 is 0 Å². The molecule has 0 amide bonds. The lowest BCUT2D eigenvalue weighted by atomic mass is 10.1. The molecule has 0 saturated carbocycles. The Morgan fingerprint density at radius 1 is 0.957 bits per heavy atom. The smallest absolute Gasteiger partial charge is 0.281 e. The monoisotopic (exact) mass is 318 g/mol. The highest BCUT2D eigenvalue weighted by Crippen LogP contribution is 2.34. The third-order valence-electron chi connectivity index (χ3n) is 3.23. The average Bonchev–Trinajstić information content (AvgIpc) is 3.04. The first-order chi connectivity index (χ1) is 11.2. The van der Waals surface area contributed by atoms with Crippen LogP contribution in [0.25, 0.3) is 11.5 Å². The molecule has 0 N–H and O–H groups in total. The van der Waals surface area contributed by atoms with E-state index in [1.165, 1.54) is 0 Å². The third kappa shape index (κ3) is 2.94. The first kappa shape index (κ1) is 14.8. The number of aromatic nitrogens is 2. The Hall–Kier alpha value is -3.09. The topological polar surface area (TPSA) is 86.5 Å². The molecule has 1 heterocycles. The number of benzene rings is 2. The van der Waals surface area contributed by atoms with Crippen LogP contribution in [-0.4, -0.2) is 10.2 Å². The molecule has 0 aliphatic heterocycles. The predicted molar refractivity (Wildman–Crippen MR) is 84.5 cm³/mol. The number of aryl methyl sites for hydroxylation is 1. The van der Waals surface area contributed by atoms with Crippen LogP contribution in [0.2, 0.25) is 0 Å². The fourth-order valence-electron chi connectivity index (χ4n) is 2.08. The maximum Gasteiger partial charge on any atom is 0.281 e. The zero-order valence-corrected chi connectivity index (χ0v) is 13.0. The Morgan fingerprint density at radius 3 is 2.30 bits per heavy atom. The maximum atomic E-state index is 9.20. The lowest BCUT2D eigenvalue weighted by Crippen LogP contribution is -1.87. The molecule has 0 fully saturated rings. The van der Waals surface area contributed by atoms with Crippen molar-refractivity contribution >= 4 is 11.8 Å². The fourth-order valence-corrected chi connectivity index (χ4v) is 2.91. The Bertz CT molecular complexity index is 917. The van der Waals surface area contributed by atoms with E-state index in [0.29, 0.717) is 27.1 Å². The summed E-state index contributed by atoms with van der Waals surface area (Å²) in [5, 5.41) is 26.7. The number of rotatable bonds is 3. The molecule has 3 rings (SSSR count). The molecule has 0 aliphatic rings. The third-order valence-corrected chi connectivity index (χ3v) is 4.21. The SMILES string of the molecule is Cc1ccccc1-c1nnc(Sc2c(C#N)cccc2C#N)o1. The molecule has 3 aromatic rings. The summed E-state index contributed by atoms with van der Waals surface area (Å²) in [6.45, 7) is 1.96. The van der Waals surface area contributed by atoms with Crippen molar-refractivity contribution in [1.29, 1.82) is 10.5 Å². The molecule has 0 spiro atoms. The summed E-state index contributed by atoms with van der Waals surface area (Å²) in [4.78, 5) is 0.525. The van der Waals surface area contributed by atoms with Gasteiger partial charge in [0.1, 0.15) is 12.1 Å². The van der Waals surface area contributed by atoms with Gasteiger partial charge in [-0.2, -0.15) is 10.5 Å². The van der Waals surface area contributed by atoms with E-state index in [0.717, 1.165) is 22.9 Å². The minimum absolute atomic E-state index is 0.294. The largest absolute Gasteiger partial charge is 0.411 e. The van der Waals surface area contributed by atoms with Gasteiger partial charge in [0, 0.05) is 5.56 Å². The average molecular weight is 318 g/mol. The first-order valence-corrected chi connectivity index (χ1v) is 7.55. The number of nitrogens with zero attached hydrogens (tertiary/aromatic N) is 4. The second-order valence-corrected chi connectivity index (χ2v) is 5.66. The highest BCUT2D eigenvalue weighted by atomic mass is 32.2. The molecule has 0 unspecified atom stereocenters. The summed E-state index contributed by atoms with van der Waals surface area (Å²) in [6, 6.07) is 16.8. The van der Waals surface area contributed by atoms with E-state index in [9.17, 15) is 10.5 Å². The standard InChI is InChI=1S/C17H10N4OS/c1-11-5-2-3-8-14(11)16-20-21-17(22-16)23-15-12(9-18)6-4-7-13(15)10-19/h2-8H,1H3. The lowest BCUT2D eigenvalue weighted by molar-refractivity contribution is 0.465. The van der Waals surface area contributed by atoms with Gasteiger partial charge < -0.3 is 4.42 Å². The molecule has 23 heavy (non-hydrogen) atoms. The van der Waals surface area contributed by atoms with E-state index in [-0.39, 0.29) is 0 Å². The molecular weight excluding hydrogens is 308 g/mol. The highest BCUT2D eigenvalue weighted by Gasteiger charge is 2.16. The zero-order chi connectivity index (χ0) is 16.2. The number of hydrogen-bond donors (Lipinski definition) is 0. The van der Waals surface area contributed by atoms with Gasteiger partial charge in [0.2, 0.25) is 5.89 Å². The van der Waals surface area contributed by atoms with Crippen molar-refractivity contribution in [1.82, 2.24) is 10.2 Å². The zero-order valence-electron chi connectivity index (χ0n) is 12.1. The summed E-state index contributed by atoms with van der Waals surface area (Å²) in [5.74, 6) is 0.415. The Labute approximate surface area is 137 Å². The summed E-state index contributed by atoms with van der Waals surface area (Å²) < 4.78 is 5.68. The van der Waals surface area contributed by atoms with E-state index in [1.807, 2.05) is 31.2 Å². The van der Waals surface area contributed by atoms with Crippen molar-refractivity contribution < 1.29 is 4.42 Å². The highest BCUT2D eigenvalue weighted by molar-refractivity contribution is 7.99. The second-order valence-electron chi connectivity index (χ2n) is 4.70. The van der Waals surface area contributed by atoms with Crippen LogP contribution in [0.15, 0.2) is 57.0 Å². The molecule has 0 atom stereocenters. The fraction of sp³-hybridized carbons (Fsp3) is 0.0588. The van der Waals surface area contributed by atoms with E-state index in [2.05, 4.69) is 22.3 Å². The molecule has 1 aromatic heterocycles. The van der Waals surface area contributed by atoms with Crippen molar-refractivity contribution in [2.75, 3.05) is 0 Å². The summed E-state index contributed by atoms with van der Waals surface area (Å²) in [6.07, 6.45) is 0. The van der Waals surface area contributed by atoms with E-state index in [1.54, 1.807) is 18.2 Å². The molecular formula is C17H10N4OS. The van der Waals surface area contributed by atoms with Crippen LogP contribution in [0.4, 0.5) is 0 Å². The van der Waals surface area contributed by atoms with Gasteiger partial charge in [-0.3, -0.25) is 0 Å². The van der Waals surface area contributed by atoms with Gasteiger partial charge in [-0.25, -0.2) is 0 Å². The Balaban J connectivity index is 1.97. The van der Waals surface area contributed by atoms with Gasteiger partial charge in [-0.15, -0.1) is 10.2 Å². The van der Waals surface area contributed by atoms with Gasteiger partial charge in [0.25, 0.3) is 5.22 Å². The molecule has 0 bridgehead atoms. The van der Waals surface area contributed by atoms with Gasteiger partial charge in [-0.1, -0.05) is 24.3 Å². The molecule has 2 aromatic carbocycles. The van der Waals surface area contributed by atoms with Crippen molar-refractivity contribution in [3.63, 3.8) is 0 Å². The molecule has 0 saturated heterocycles. The summed E-state index contributed by atoms with van der Waals surface area (Å²) >= 11 is 1.13. The second kappa shape index (κ2) is 6.35. The van der Waals surface area contributed by atoms with Crippen molar-refractivity contribution in [3.05, 3.63) is 59.2 Å². The summed E-state index contributed by atoms with van der Waals surface area (Å²) in [5.41, 5.74) is 2.71. The quantitative estimate of drug-likeness (QED) is 0.727. The molecule has 0 aliphatic carbocycles. The van der Waals surface area contributed by atoms with Crippen LogP contribution in [0.1, 0.15) is 16.7 Å². The van der Waals surface area contributed by atoms with E-state index >= 15 is 0 Å². The predicted octanol–water partition coefficient (Wildman–Crippen LogP) is 3.94. The van der Waals surface area contributed by atoms with Crippen LogP contribution >= 0.6 is 11.8 Å². The maximum absolute atomic E-state index is 9.20. The minimum Gasteiger partial charge on any atom is -0.411 e. The first-order valence-electron chi connectivity index (χ1n) is 6.73. The van der Waals surface area contributed by atoms with Crippen LogP contribution in [0.5, 0.6) is 0 Å². The molecule has 0 radical (unpaired) electrons. The Kier molecular flexibility index (Phi) is 4.09. The van der Waals surface area contributed by atoms with Crippen molar-refractivity contribution in [2.24, 2.45) is 0 Å². The van der Waals surface area contributed by atoms with Gasteiger partial charge in [0.05, 0.1) is 16.0 Å². The van der Waals surface area contributed by atoms with Crippen LogP contribution in [0, 0.1) is 29.6 Å². The normalized spacial score (nSPS) is 10.0. The molecule has 6 heteroatoms. The van der Waals surface area contributed by atoms with Gasteiger partial charge >= 0.3 is 0 Å². The van der Waals surface area contributed by atoms with Crippen LogP contribution in [-0.2, 0) is 0 Å². The van der Waals surface area contributed by atoms with Gasteiger partial charge in [0.15, 0.2) is 0 Å². The van der Waals surface area contributed by atoms with Gasteiger partial charge in [-0.05, 0) is 42.4 Å². The van der Waals surface area contributed by atoms with Crippen molar-refractivity contribution in [3.8, 4) is 23.6 Å². The number of hydrogen-bond acceptors (Lipinski definition) is 6. The van der Waals surface area contributed by atoms with Crippen LogP contribution < -0.4 is 0 Å². The molecule has 110 valence electrons. The lowest BCUT2D eigenvalue weighted by Gasteiger charge is -2.02. The molecule has 5 nitrogen and oxygen atoms in total. The number of nitriles is 2.